The fraction of sp³-hybridized carbons (Fsp3) is 0.308. The smallest absolute Gasteiger partial charge is 0.237 e. The Morgan fingerprint density at radius 1 is 1.43 bits per heavy atom. The highest BCUT2D eigenvalue weighted by Gasteiger charge is 2.19. The van der Waals surface area contributed by atoms with E-state index < -0.39 is 0 Å². The van der Waals surface area contributed by atoms with Crippen molar-refractivity contribution in [2.24, 2.45) is 0 Å². The van der Waals surface area contributed by atoms with Gasteiger partial charge in [-0.05, 0) is 38.5 Å². The SMILES string of the molecule is Cc1c(Cl)cccc1NC(=O)C(C)Sc1nnc(C)n1N. The number of halogens is 1. The van der Waals surface area contributed by atoms with E-state index in [1.807, 2.05) is 13.0 Å². The van der Waals surface area contributed by atoms with Crippen molar-refractivity contribution in [2.45, 2.75) is 31.2 Å². The van der Waals surface area contributed by atoms with Gasteiger partial charge < -0.3 is 11.2 Å². The van der Waals surface area contributed by atoms with Crippen LogP contribution < -0.4 is 11.2 Å². The number of amides is 1. The van der Waals surface area contributed by atoms with E-state index in [9.17, 15) is 4.79 Å². The first-order valence-electron chi connectivity index (χ1n) is 6.30. The van der Waals surface area contributed by atoms with Gasteiger partial charge in [-0.2, -0.15) is 0 Å². The lowest BCUT2D eigenvalue weighted by atomic mass is 10.2. The van der Waals surface area contributed by atoms with Gasteiger partial charge in [0.1, 0.15) is 5.82 Å². The number of rotatable bonds is 4. The van der Waals surface area contributed by atoms with Crippen LogP contribution >= 0.6 is 23.4 Å². The first kappa shape index (κ1) is 15.7. The zero-order chi connectivity index (χ0) is 15.6. The molecule has 1 amide bonds. The number of anilines is 1. The van der Waals surface area contributed by atoms with Crippen molar-refractivity contribution in [1.82, 2.24) is 14.9 Å². The van der Waals surface area contributed by atoms with Gasteiger partial charge in [0.2, 0.25) is 11.1 Å². The Kier molecular flexibility index (Phi) is 4.74. The van der Waals surface area contributed by atoms with Gasteiger partial charge >= 0.3 is 0 Å². The van der Waals surface area contributed by atoms with Crippen LogP contribution in [0.15, 0.2) is 23.4 Å². The second kappa shape index (κ2) is 6.36. The number of carbonyl (C=O) groups is 1. The standard InChI is InChI=1S/C13H16ClN5OS/c1-7-10(14)5-4-6-11(7)16-12(20)8(2)21-13-18-17-9(3)19(13)15/h4-6,8H,15H2,1-3H3,(H,16,20). The largest absolute Gasteiger partial charge is 0.336 e. The second-order valence-electron chi connectivity index (χ2n) is 4.56. The molecular formula is C13H16ClN5OS. The first-order chi connectivity index (χ1) is 9.90. The molecule has 1 aromatic heterocycles. The summed E-state index contributed by atoms with van der Waals surface area (Å²) in [7, 11) is 0. The van der Waals surface area contributed by atoms with E-state index in [0.29, 0.717) is 21.7 Å². The summed E-state index contributed by atoms with van der Waals surface area (Å²) in [6.07, 6.45) is 0. The van der Waals surface area contributed by atoms with E-state index >= 15 is 0 Å². The summed E-state index contributed by atoms with van der Waals surface area (Å²) in [5.41, 5.74) is 1.54. The fourth-order valence-electron chi connectivity index (χ4n) is 1.62. The van der Waals surface area contributed by atoms with Crippen LogP contribution in [0.2, 0.25) is 5.02 Å². The molecule has 3 N–H and O–H groups in total. The van der Waals surface area contributed by atoms with E-state index in [2.05, 4.69) is 15.5 Å². The molecule has 0 spiro atoms. The summed E-state index contributed by atoms with van der Waals surface area (Å²) in [6, 6.07) is 5.39. The number of nitrogens with two attached hydrogens (primary N) is 1. The summed E-state index contributed by atoms with van der Waals surface area (Å²) in [4.78, 5) is 12.2. The van der Waals surface area contributed by atoms with Crippen LogP contribution in [-0.4, -0.2) is 26.0 Å². The minimum Gasteiger partial charge on any atom is -0.336 e. The van der Waals surface area contributed by atoms with Crippen molar-refractivity contribution in [3.63, 3.8) is 0 Å². The number of thioether (sulfide) groups is 1. The zero-order valence-electron chi connectivity index (χ0n) is 11.9. The van der Waals surface area contributed by atoms with Crippen LogP contribution in [0.4, 0.5) is 5.69 Å². The number of hydrogen-bond acceptors (Lipinski definition) is 5. The highest BCUT2D eigenvalue weighted by molar-refractivity contribution is 8.00. The van der Waals surface area contributed by atoms with Gasteiger partial charge in [-0.25, -0.2) is 4.68 Å². The van der Waals surface area contributed by atoms with Crippen LogP contribution in [-0.2, 0) is 4.79 Å². The van der Waals surface area contributed by atoms with Gasteiger partial charge in [-0.15, -0.1) is 10.2 Å². The Morgan fingerprint density at radius 3 is 2.76 bits per heavy atom. The molecule has 21 heavy (non-hydrogen) atoms. The molecule has 2 aromatic rings. The Bertz CT molecular complexity index is 673. The van der Waals surface area contributed by atoms with Crippen molar-refractivity contribution in [3.8, 4) is 0 Å². The van der Waals surface area contributed by atoms with Crippen molar-refractivity contribution in [3.05, 3.63) is 34.6 Å². The molecule has 2 rings (SSSR count). The van der Waals surface area contributed by atoms with Gasteiger partial charge in [-0.1, -0.05) is 29.4 Å². The topological polar surface area (TPSA) is 85.8 Å². The Labute approximate surface area is 132 Å². The number of aryl methyl sites for hydroxylation is 1. The van der Waals surface area contributed by atoms with Crippen LogP contribution in [0, 0.1) is 13.8 Å². The normalized spacial score (nSPS) is 12.2. The number of aromatic nitrogens is 3. The molecule has 0 fully saturated rings. The van der Waals surface area contributed by atoms with E-state index in [1.54, 1.807) is 26.0 Å². The quantitative estimate of drug-likeness (QED) is 0.666. The molecule has 0 radical (unpaired) electrons. The third kappa shape index (κ3) is 3.48. The lowest BCUT2D eigenvalue weighted by molar-refractivity contribution is -0.115. The van der Waals surface area contributed by atoms with Crippen molar-refractivity contribution >= 4 is 35.0 Å². The molecule has 0 aliphatic heterocycles. The molecule has 1 unspecified atom stereocenters. The van der Waals surface area contributed by atoms with E-state index in [0.717, 1.165) is 5.56 Å². The molecule has 0 bridgehead atoms. The first-order valence-corrected chi connectivity index (χ1v) is 7.55. The predicted octanol–water partition coefficient (Wildman–Crippen LogP) is 2.38. The van der Waals surface area contributed by atoms with Gasteiger partial charge in [0, 0.05) is 10.7 Å². The van der Waals surface area contributed by atoms with Crippen molar-refractivity contribution in [1.29, 1.82) is 0 Å². The third-order valence-electron chi connectivity index (χ3n) is 3.01. The number of benzene rings is 1. The van der Waals surface area contributed by atoms with E-state index in [-0.39, 0.29) is 11.2 Å². The minimum atomic E-state index is -0.366. The molecule has 6 nitrogen and oxygen atoms in total. The molecule has 1 atom stereocenters. The lowest BCUT2D eigenvalue weighted by Crippen LogP contribution is -2.24. The molecule has 0 saturated heterocycles. The van der Waals surface area contributed by atoms with Crippen LogP contribution in [0.3, 0.4) is 0 Å². The Hall–Kier alpha value is -1.73. The number of nitrogens with zero attached hydrogens (tertiary/aromatic N) is 3. The van der Waals surface area contributed by atoms with E-state index in [4.69, 9.17) is 17.4 Å². The summed E-state index contributed by atoms with van der Waals surface area (Å²) in [5, 5.41) is 11.4. The second-order valence-corrected chi connectivity index (χ2v) is 6.28. The maximum Gasteiger partial charge on any atom is 0.237 e. The lowest BCUT2D eigenvalue weighted by Gasteiger charge is -2.13. The van der Waals surface area contributed by atoms with Crippen LogP contribution in [0.25, 0.3) is 0 Å². The zero-order valence-corrected chi connectivity index (χ0v) is 13.5. The van der Waals surface area contributed by atoms with Gasteiger partial charge in [0.25, 0.3) is 0 Å². The summed E-state index contributed by atoms with van der Waals surface area (Å²) in [6.45, 7) is 5.39. The highest BCUT2D eigenvalue weighted by Crippen LogP contribution is 2.25. The summed E-state index contributed by atoms with van der Waals surface area (Å²) < 4.78 is 1.36. The average Bonchev–Trinajstić information content (AvgIpc) is 2.75. The molecule has 0 saturated carbocycles. The molecule has 1 aromatic carbocycles. The monoisotopic (exact) mass is 325 g/mol. The number of nitrogens with one attached hydrogen (secondary N) is 1. The summed E-state index contributed by atoms with van der Waals surface area (Å²) >= 11 is 7.28. The van der Waals surface area contributed by atoms with Crippen LogP contribution in [0.1, 0.15) is 18.3 Å². The fourth-order valence-corrected chi connectivity index (χ4v) is 2.61. The van der Waals surface area contributed by atoms with Gasteiger partial charge in [0.15, 0.2) is 0 Å². The Balaban J connectivity index is 2.06. The molecule has 8 heteroatoms. The summed E-state index contributed by atoms with van der Waals surface area (Å²) in [5.74, 6) is 6.22. The predicted molar refractivity (Wildman–Crippen MR) is 85.0 cm³/mol. The van der Waals surface area contributed by atoms with E-state index in [1.165, 1.54) is 16.4 Å². The number of hydrogen-bond donors (Lipinski definition) is 2. The average molecular weight is 326 g/mol. The van der Waals surface area contributed by atoms with Gasteiger partial charge in [0.05, 0.1) is 5.25 Å². The molecule has 0 aliphatic carbocycles. The number of nitrogen functional groups attached to an aromatic ring is 1. The van der Waals surface area contributed by atoms with Crippen molar-refractivity contribution < 1.29 is 4.79 Å². The van der Waals surface area contributed by atoms with Crippen molar-refractivity contribution in [2.75, 3.05) is 11.2 Å². The maximum absolute atomic E-state index is 12.2. The molecule has 0 aliphatic rings. The molecule has 1 heterocycles. The van der Waals surface area contributed by atoms with Gasteiger partial charge in [-0.3, -0.25) is 4.79 Å². The maximum atomic E-state index is 12.2. The number of carbonyl (C=O) groups excluding carboxylic acids is 1. The minimum absolute atomic E-state index is 0.147. The third-order valence-corrected chi connectivity index (χ3v) is 4.48. The highest BCUT2D eigenvalue weighted by atomic mass is 35.5. The molecular weight excluding hydrogens is 310 g/mol. The van der Waals surface area contributed by atoms with Crippen LogP contribution in [0.5, 0.6) is 0 Å². The Morgan fingerprint density at radius 2 is 2.14 bits per heavy atom. The molecule has 112 valence electrons.